The number of hydrogen-bond donors (Lipinski definition) is 25. The summed E-state index contributed by atoms with van der Waals surface area (Å²) in [6.45, 7) is -5.19. The first kappa shape index (κ1) is 86.6. The molecule has 0 aromatic heterocycles. The molecule has 1 aromatic rings. The molecule has 0 spiro atoms. The second kappa shape index (κ2) is 43.9. The molecule has 1 aromatic carbocycles. The minimum atomic E-state index is -1.99. The van der Waals surface area contributed by atoms with Crippen molar-refractivity contribution in [3.8, 4) is 5.75 Å². The second-order valence-electron chi connectivity index (χ2n) is 23.7. The van der Waals surface area contributed by atoms with E-state index in [9.17, 15) is 113 Å². The van der Waals surface area contributed by atoms with Crippen LogP contribution in [0.15, 0.2) is 34.3 Å². The van der Waals surface area contributed by atoms with Gasteiger partial charge in [0.2, 0.25) is 82.7 Å². The molecular formula is C59H95N21O23. The molecule has 2 heterocycles. The van der Waals surface area contributed by atoms with Gasteiger partial charge in [0, 0.05) is 32.6 Å². The van der Waals surface area contributed by atoms with Crippen molar-refractivity contribution in [2.24, 2.45) is 38.7 Å². The van der Waals surface area contributed by atoms with E-state index in [0.29, 0.717) is 12.0 Å². The molecule has 44 nitrogen and oxygen atoms in total. The smallest absolute Gasteiger partial charge is 0.326 e. The summed E-state index contributed by atoms with van der Waals surface area (Å²) in [5.41, 5.74) is 27.3. The number of carbonyl (C=O) groups excluding carboxylic acids is 14. The van der Waals surface area contributed by atoms with Gasteiger partial charge in [-0.3, -0.25) is 77.1 Å². The summed E-state index contributed by atoms with van der Waals surface area (Å²) in [5.74, 6) is -16.8. The maximum Gasteiger partial charge on any atom is 0.326 e. The minimum absolute atomic E-state index is 0.00245. The van der Waals surface area contributed by atoms with Crippen LogP contribution in [0, 0.1) is 0 Å². The van der Waals surface area contributed by atoms with Gasteiger partial charge in [-0.25, -0.2) is 4.79 Å². The van der Waals surface area contributed by atoms with Crippen LogP contribution >= 0.6 is 0 Å². The Morgan fingerprint density at radius 1 is 0.495 bits per heavy atom. The topological polar surface area (TPSA) is 724 Å². The van der Waals surface area contributed by atoms with Crippen LogP contribution in [0.1, 0.15) is 70.8 Å². The number of phenolic OH excluding ortho intramolecular Hbond substituents is 1. The number of rotatable bonds is 43. The largest absolute Gasteiger partial charge is 0.508 e. The van der Waals surface area contributed by atoms with E-state index >= 15 is 0 Å². The van der Waals surface area contributed by atoms with Gasteiger partial charge in [-0.05, 0) is 82.9 Å². The molecule has 0 unspecified atom stereocenters. The van der Waals surface area contributed by atoms with E-state index in [0.717, 1.165) is 18.7 Å². The average Bonchev–Trinajstić information content (AvgIpc) is 1.75. The number of phenols is 1. The van der Waals surface area contributed by atoms with Gasteiger partial charge in [-0.2, -0.15) is 0 Å². The Morgan fingerprint density at radius 3 is 1.37 bits per heavy atom. The minimum Gasteiger partial charge on any atom is -0.508 e. The molecule has 13 atom stereocenters. The molecular weight excluding hydrogens is 1370 g/mol. The zero-order valence-corrected chi connectivity index (χ0v) is 56.5. The summed E-state index contributed by atoms with van der Waals surface area (Å²) in [5, 5.41) is 108. The van der Waals surface area contributed by atoms with Crippen molar-refractivity contribution in [2.45, 2.75) is 150 Å². The number of nitrogens with zero attached hydrogens (tertiary/aromatic N) is 4. The monoisotopic (exact) mass is 1470 g/mol. The number of likely N-dealkylation sites (tertiary alicyclic amines) is 2. The number of aliphatic imine (C=N–C) groups is 2. The molecule has 0 radical (unpaired) electrons. The summed E-state index contributed by atoms with van der Waals surface area (Å²) in [6.07, 6.45) is -1.73. The average molecular weight is 1470 g/mol. The van der Waals surface area contributed by atoms with Crippen molar-refractivity contribution in [1.82, 2.24) is 73.6 Å². The lowest BCUT2D eigenvalue weighted by Gasteiger charge is -2.30. The van der Waals surface area contributed by atoms with Crippen molar-refractivity contribution in [3.63, 3.8) is 0 Å². The number of carbonyl (C=O) groups is 15. The maximum atomic E-state index is 14.4. The van der Waals surface area contributed by atoms with Gasteiger partial charge in [0.25, 0.3) is 0 Å². The molecule has 3 rings (SSSR count). The molecule has 2 fully saturated rings. The van der Waals surface area contributed by atoms with Gasteiger partial charge in [-0.15, -0.1) is 0 Å². The number of amides is 14. The van der Waals surface area contributed by atoms with E-state index in [2.05, 4.69) is 73.8 Å². The Hall–Kier alpha value is -10.7. The molecule has 103 heavy (non-hydrogen) atoms. The molecule has 30 N–H and O–H groups in total. The number of carboxylic acids is 1. The number of aromatic hydroxyl groups is 1. The lowest BCUT2D eigenvalue weighted by Crippen LogP contribution is -2.62. The lowest BCUT2D eigenvalue weighted by molar-refractivity contribution is -0.143. The summed E-state index contributed by atoms with van der Waals surface area (Å²) < 4.78 is 0. The number of aliphatic hydroxyl groups is 6. The highest BCUT2D eigenvalue weighted by Crippen LogP contribution is 2.21. The van der Waals surface area contributed by atoms with Gasteiger partial charge in [0.05, 0.1) is 58.8 Å². The van der Waals surface area contributed by atoms with E-state index in [4.69, 9.17) is 28.7 Å². The number of hydrogen-bond acceptors (Lipinski definition) is 25. The maximum absolute atomic E-state index is 14.4. The fourth-order valence-electron chi connectivity index (χ4n) is 10.2. The van der Waals surface area contributed by atoms with Crippen molar-refractivity contribution in [3.05, 3.63) is 29.8 Å². The van der Waals surface area contributed by atoms with E-state index in [-0.39, 0.29) is 102 Å². The zero-order valence-electron chi connectivity index (χ0n) is 56.5. The third kappa shape index (κ3) is 28.7. The molecule has 2 saturated heterocycles. The van der Waals surface area contributed by atoms with E-state index in [1.54, 1.807) is 0 Å². The highest BCUT2D eigenvalue weighted by Gasteiger charge is 2.41. The summed E-state index contributed by atoms with van der Waals surface area (Å²) >= 11 is 0. The third-order valence-corrected chi connectivity index (χ3v) is 15.8. The number of aliphatic carboxylic acids is 1. The molecule has 0 bridgehead atoms. The number of carboxylic acid groups (broad SMARTS) is 1. The summed E-state index contributed by atoms with van der Waals surface area (Å²) in [7, 11) is 0. The summed E-state index contributed by atoms with van der Waals surface area (Å²) in [4.78, 5) is 209. The Labute approximate surface area is 588 Å². The normalized spacial score (nSPS) is 17.1. The van der Waals surface area contributed by atoms with Crippen LogP contribution in [-0.4, -0.2) is 309 Å². The number of nitrogens with two attached hydrogens (primary N) is 5. The summed E-state index contributed by atoms with van der Waals surface area (Å²) in [6, 6.07) is -14.7. The Bertz CT molecular complexity index is 3190. The molecule has 2 aliphatic heterocycles. The Balaban J connectivity index is 1.68. The first-order chi connectivity index (χ1) is 48.7. The van der Waals surface area contributed by atoms with Crippen LogP contribution in [0.5, 0.6) is 5.75 Å². The van der Waals surface area contributed by atoms with Gasteiger partial charge in [0.1, 0.15) is 78.3 Å². The van der Waals surface area contributed by atoms with Crippen molar-refractivity contribution in [1.29, 1.82) is 0 Å². The highest BCUT2D eigenvalue weighted by atomic mass is 16.4. The quantitative estimate of drug-likeness (QED) is 0.0164. The fourth-order valence-corrected chi connectivity index (χ4v) is 10.2. The van der Waals surface area contributed by atoms with E-state index in [1.165, 1.54) is 29.2 Å². The number of aliphatic hydroxyl groups excluding tert-OH is 6. The van der Waals surface area contributed by atoms with E-state index < -0.39 is 213 Å². The first-order valence-corrected chi connectivity index (χ1v) is 32.5. The van der Waals surface area contributed by atoms with Gasteiger partial charge in [0.15, 0.2) is 11.9 Å². The lowest BCUT2D eigenvalue weighted by atomic mass is 10.1. The second-order valence-corrected chi connectivity index (χ2v) is 23.7. The standard InChI is InChI=1S/C59H95N21O23/c1-28(69-55(100)45(29(2)86)78-43(89)21-68-53(98)40-9-5-17-79(40)44(90)22-67-42(88)20-60)46(91)73-35(23-81)49(94)71-33(8-4-16-66-59(63)64)56(101)80-18-6-10-41(80)54(99)77-39(27-85)52(97)76-38(26-84)51(96)75-36(24-82)48(93)70-32(7-3-15-65-58(61)62)47(92)74-37(25-83)50(95)72-34(57(102)103)19-30-11-13-31(87)14-12-30/h11-14,28-29,32-41,45,81-87H,3-10,15-27,60H2,1-2H3,(H,67,88)(H,68,98)(H,69,100)(H,70,93)(H,71,94)(H,72,95)(H,73,91)(H,74,92)(H,75,96)(H,76,97)(H,77,99)(H,78,89)(H,102,103)(H4,61,62,65)(H4,63,64,66)/t28-,29+,32-,33-,34-,35-,36-,37-,38-,39-,40-,41-,45-/m0/s1. The molecule has 2 aliphatic rings. The molecule has 0 saturated carbocycles. The molecule has 0 aliphatic carbocycles. The van der Waals surface area contributed by atoms with Crippen LogP contribution in [-0.2, 0) is 78.3 Å². The first-order valence-electron chi connectivity index (χ1n) is 32.5. The zero-order chi connectivity index (χ0) is 77.2. The van der Waals surface area contributed by atoms with Crippen LogP contribution < -0.4 is 92.5 Å². The van der Waals surface area contributed by atoms with Crippen LogP contribution in [0.3, 0.4) is 0 Å². The molecule has 44 heteroatoms. The Kier molecular flexibility index (Phi) is 36.9. The van der Waals surface area contributed by atoms with Crippen LogP contribution in [0.4, 0.5) is 0 Å². The third-order valence-electron chi connectivity index (χ3n) is 15.8. The number of nitrogens with one attached hydrogen (secondary N) is 12. The van der Waals surface area contributed by atoms with E-state index in [1.807, 2.05) is 0 Å². The van der Waals surface area contributed by atoms with Crippen molar-refractivity contribution in [2.75, 3.05) is 78.8 Å². The molecule has 574 valence electrons. The van der Waals surface area contributed by atoms with Crippen LogP contribution in [0.2, 0.25) is 0 Å². The highest BCUT2D eigenvalue weighted by molar-refractivity contribution is 6.00. The van der Waals surface area contributed by atoms with Crippen molar-refractivity contribution < 1.29 is 113 Å². The van der Waals surface area contributed by atoms with Gasteiger partial charge >= 0.3 is 5.97 Å². The fraction of sp³-hybridized carbons (Fsp3) is 0.610. The number of guanidine groups is 2. The molecule has 14 amide bonds. The van der Waals surface area contributed by atoms with Crippen LogP contribution in [0.25, 0.3) is 0 Å². The number of benzene rings is 1. The van der Waals surface area contributed by atoms with Gasteiger partial charge in [-0.1, -0.05) is 12.1 Å². The predicted octanol–water partition coefficient (Wildman–Crippen LogP) is -14.5. The SMILES string of the molecule is C[C@H](NC(=O)[C@@H](NC(=O)CNC(=O)[C@@H]1CCCN1C(=O)CNC(=O)CN)[C@@H](C)O)C(=O)N[C@@H](CO)C(=O)N[C@@H](CCCN=C(N)N)C(=O)N1CCC[C@H]1C(=O)N[C@@H](CO)C(=O)N[C@@H](CO)C(=O)N[C@@H](CO)C(=O)N[C@@H](CCCN=C(N)N)C(=O)N[C@@H](CO)C(=O)N[C@@H](Cc1ccc(O)cc1)C(=O)O. The Morgan fingerprint density at radius 2 is 0.913 bits per heavy atom. The van der Waals surface area contributed by atoms with Crippen molar-refractivity contribution >= 4 is 101 Å². The predicted molar refractivity (Wildman–Crippen MR) is 356 cm³/mol. The van der Waals surface area contributed by atoms with Gasteiger partial charge < -0.3 is 143 Å².